The second kappa shape index (κ2) is 8.63. The first-order valence-electron chi connectivity index (χ1n) is 10.4. The molecule has 2 atom stereocenters. The van der Waals surface area contributed by atoms with Crippen molar-refractivity contribution in [2.24, 2.45) is 15.9 Å². The van der Waals surface area contributed by atoms with Crippen LogP contribution in [0, 0.1) is 5.92 Å². The van der Waals surface area contributed by atoms with E-state index in [9.17, 15) is 0 Å². The Morgan fingerprint density at radius 1 is 1.03 bits per heavy atom. The Morgan fingerprint density at radius 2 is 1.63 bits per heavy atom. The highest BCUT2D eigenvalue weighted by molar-refractivity contribution is 9.10. The number of hydrogen-bond donors (Lipinski definition) is 0. The van der Waals surface area contributed by atoms with Crippen LogP contribution in [0.2, 0.25) is 0 Å². The molecule has 1 saturated heterocycles. The van der Waals surface area contributed by atoms with E-state index in [2.05, 4.69) is 69.6 Å². The third-order valence-corrected chi connectivity index (χ3v) is 6.66. The van der Waals surface area contributed by atoms with Crippen LogP contribution in [0.1, 0.15) is 47.1 Å². The zero-order valence-electron chi connectivity index (χ0n) is 19.2. The zero-order valence-corrected chi connectivity index (χ0v) is 20.7. The van der Waals surface area contributed by atoms with Crippen molar-refractivity contribution in [2.45, 2.75) is 71.2 Å². The number of nitrogens with zero attached hydrogens (tertiary/aromatic N) is 2. The third-order valence-electron chi connectivity index (χ3n) is 6.17. The normalized spacial score (nSPS) is 25.2. The molecular weight excluding hydrogens is 447 g/mol. The lowest BCUT2D eigenvalue weighted by atomic mass is 9.74. The maximum absolute atomic E-state index is 6.31. The highest BCUT2D eigenvalue weighted by Crippen LogP contribution is 2.37. The molecule has 6 nitrogen and oxygen atoms in total. The summed E-state index contributed by atoms with van der Waals surface area (Å²) in [5, 5.41) is 0. The molecule has 1 aromatic carbocycles. The molecule has 2 aliphatic heterocycles. The Labute approximate surface area is 188 Å². The molecule has 1 fully saturated rings. The standard InChI is InChI=1S/C22H32BBrN2O4/c1-13(2)18-20(28-8)25-17(19(26-18)27-7)11-14-9-10-15(24)12-16(14)23-29-21(3,4)22(5,6)30-23/h9-10,12-13,17-18H,11H2,1-8H3/t17-,18?/m1/s1. The van der Waals surface area contributed by atoms with Crippen LogP contribution in [0.3, 0.4) is 0 Å². The lowest BCUT2D eigenvalue weighted by Crippen LogP contribution is -2.41. The van der Waals surface area contributed by atoms with Gasteiger partial charge in [0.15, 0.2) is 0 Å². The number of ether oxygens (including phenoxy) is 2. The average molecular weight is 479 g/mol. The number of hydrogen-bond acceptors (Lipinski definition) is 6. The van der Waals surface area contributed by atoms with Crippen LogP contribution in [-0.4, -0.2) is 56.4 Å². The van der Waals surface area contributed by atoms with E-state index in [4.69, 9.17) is 28.8 Å². The SMILES string of the molecule is COC1=N[C@H](Cc2ccc(Br)cc2B2OC(C)(C)C(C)(C)O2)C(OC)=NC1C(C)C. The smallest absolute Gasteiger partial charge is 0.483 e. The highest BCUT2D eigenvalue weighted by atomic mass is 79.9. The van der Waals surface area contributed by atoms with E-state index in [1.165, 1.54) is 0 Å². The van der Waals surface area contributed by atoms with E-state index in [-0.39, 0.29) is 18.0 Å². The molecule has 1 unspecified atom stereocenters. The van der Waals surface area contributed by atoms with Gasteiger partial charge in [-0.15, -0.1) is 0 Å². The van der Waals surface area contributed by atoms with Crippen LogP contribution in [0.5, 0.6) is 0 Å². The number of aliphatic imine (C=N–C) groups is 2. The molecule has 0 radical (unpaired) electrons. The van der Waals surface area contributed by atoms with Crippen molar-refractivity contribution in [3.05, 3.63) is 28.2 Å². The molecule has 0 N–H and O–H groups in total. The number of rotatable bonds is 4. The molecule has 0 aliphatic carbocycles. The maximum Gasteiger partial charge on any atom is 0.495 e. The molecule has 2 aliphatic rings. The van der Waals surface area contributed by atoms with Crippen molar-refractivity contribution >= 4 is 40.3 Å². The second-order valence-electron chi connectivity index (χ2n) is 9.18. The Bertz CT molecular complexity index is 838. The quantitative estimate of drug-likeness (QED) is 0.617. The third kappa shape index (κ3) is 4.46. The van der Waals surface area contributed by atoms with Crippen LogP contribution in [-0.2, 0) is 25.2 Å². The predicted octanol–water partition coefficient (Wildman–Crippen LogP) is 3.79. The minimum absolute atomic E-state index is 0.131. The lowest BCUT2D eigenvalue weighted by Gasteiger charge is -2.32. The van der Waals surface area contributed by atoms with Crippen LogP contribution >= 0.6 is 15.9 Å². The van der Waals surface area contributed by atoms with E-state index in [1.54, 1.807) is 14.2 Å². The molecule has 2 heterocycles. The fraction of sp³-hybridized carbons (Fsp3) is 0.636. The van der Waals surface area contributed by atoms with Crippen molar-refractivity contribution in [3.63, 3.8) is 0 Å². The van der Waals surface area contributed by atoms with Gasteiger partial charge in [-0.1, -0.05) is 35.8 Å². The monoisotopic (exact) mass is 478 g/mol. The lowest BCUT2D eigenvalue weighted by molar-refractivity contribution is 0.00578. The van der Waals surface area contributed by atoms with Gasteiger partial charge in [0, 0.05) is 10.9 Å². The van der Waals surface area contributed by atoms with Gasteiger partial charge in [0.1, 0.15) is 12.1 Å². The Balaban J connectivity index is 1.94. The van der Waals surface area contributed by atoms with Crippen LogP contribution in [0.25, 0.3) is 0 Å². The Hall–Kier alpha value is -1.38. The fourth-order valence-electron chi connectivity index (χ4n) is 3.64. The van der Waals surface area contributed by atoms with Crippen LogP contribution in [0.15, 0.2) is 32.7 Å². The van der Waals surface area contributed by atoms with Gasteiger partial charge in [-0.05, 0) is 56.8 Å². The molecule has 0 aromatic heterocycles. The van der Waals surface area contributed by atoms with E-state index in [0.717, 1.165) is 15.5 Å². The van der Waals surface area contributed by atoms with E-state index < -0.39 is 18.3 Å². The molecule has 3 rings (SSSR count). The summed E-state index contributed by atoms with van der Waals surface area (Å²) in [6.07, 6.45) is 0.608. The zero-order chi connectivity index (χ0) is 22.3. The van der Waals surface area contributed by atoms with Gasteiger partial charge in [-0.2, -0.15) is 0 Å². The average Bonchev–Trinajstić information content (AvgIpc) is 2.89. The number of methoxy groups -OCH3 is 2. The molecule has 8 heteroatoms. The number of halogens is 1. The summed E-state index contributed by atoms with van der Waals surface area (Å²) in [4.78, 5) is 9.63. The van der Waals surface area contributed by atoms with Crippen molar-refractivity contribution in [1.82, 2.24) is 0 Å². The Kier molecular flexibility index (Phi) is 6.70. The van der Waals surface area contributed by atoms with Crippen molar-refractivity contribution < 1.29 is 18.8 Å². The Morgan fingerprint density at radius 3 is 2.17 bits per heavy atom. The van der Waals surface area contributed by atoms with Gasteiger partial charge in [0.2, 0.25) is 11.8 Å². The molecule has 0 bridgehead atoms. The maximum atomic E-state index is 6.31. The van der Waals surface area contributed by atoms with Gasteiger partial charge < -0.3 is 18.8 Å². The first kappa shape index (κ1) is 23.3. The van der Waals surface area contributed by atoms with Gasteiger partial charge in [0.25, 0.3) is 0 Å². The molecule has 0 saturated carbocycles. The summed E-state index contributed by atoms with van der Waals surface area (Å²) in [5.41, 5.74) is 1.24. The molecule has 164 valence electrons. The first-order valence-corrected chi connectivity index (χ1v) is 11.2. The van der Waals surface area contributed by atoms with Crippen LogP contribution in [0.4, 0.5) is 0 Å². The predicted molar refractivity (Wildman–Crippen MR) is 125 cm³/mol. The minimum atomic E-state index is -0.455. The first-order chi connectivity index (χ1) is 14.0. The summed E-state index contributed by atoms with van der Waals surface area (Å²) in [7, 11) is 2.84. The largest absolute Gasteiger partial charge is 0.495 e. The second-order valence-corrected chi connectivity index (χ2v) is 10.1. The number of benzene rings is 1. The summed E-state index contributed by atoms with van der Waals surface area (Å²) in [6.45, 7) is 12.4. The fourth-order valence-corrected chi connectivity index (χ4v) is 4.02. The summed E-state index contributed by atoms with van der Waals surface area (Å²) in [6, 6.07) is 5.76. The van der Waals surface area contributed by atoms with E-state index in [1.807, 2.05) is 6.07 Å². The molecule has 1 aromatic rings. The summed E-state index contributed by atoms with van der Waals surface area (Å²) >= 11 is 3.59. The molecule has 30 heavy (non-hydrogen) atoms. The van der Waals surface area contributed by atoms with Gasteiger partial charge in [0.05, 0.1) is 25.4 Å². The van der Waals surface area contributed by atoms with Crippen molar-refractivity contribution in [3.8, 4) is 0 Å². The minimum Gasteiger partial charge on any atom is -0.483 e. The highest BCUT2D eigenvalue weighted by Gasteiger charge is 2.52. The van der Waals surface area contributed by atoms with Gasteiger partial charge in [-0.25, -0.2) is 9.98 Å². The van der Waals surface area contributed by atoms with Crippen molar-refractivity contribution in [2.75, 3.05) is 14.2 Å². The topological polar surface area (TPSA) is 61.6 Å². The molecule has 0 spiro atoms. The van der Waals surface area contributed by atoms with Crippen molar-refractivity contribution in [1.29, 1.82) is 0 Å². The van der Waals surface area contributed by atoms with E-state index in [0.29, 0.717) is 18.2 Å². The van der Waals surface area contributed by atoms with E-state index >= 15 is 0 Å². The van der Waals surface area contributed by atoms with Gasteiger partial charge >= 0.3 is 7.12 Å². The molecular formula is C22H32BBrN2O4. The van der Waals surface area contributed by atoms with Gasteiger partial charge in [-0.3, -0.25) is 0 Å². The molecule has 0 amide bonds. The summed E-state index contributed by atoms with van der Waals surface area (Å²) in [5.74, 6) is 1.53. The van der Waals surface area contributed by atoms with Crippen LogP contribution < -0.4 is 5.46 Å². The summed E-state index contributed by atoms with van der Waals surface area (Å²) < 4.78 is 24.8.